The topological polar surface area (TPSA) is 17.1 Å². The number of carbonyl (C=O) groups excluding carboxylic acids is 1. The zero-order valence-corrected chi connectivity index (χ0v) is 9.89. The normalized spacial score (nSPS) is 27.6. The Labute approximate surface area is 87.6 Å². The van der Waals surface area contributed by atoms with Crippen molar-refractivity contribution in [2.45, 2.75) is 53.4 Å². The second kappa shape index (κ2) is 4.77. The summed E-state index contributed by atoms with van der Waals surface area (Å²) in [6, 6.07) is 0. The third-order valence-electron chi connectivity index (χ3n) is 3.57. The van der Waals surface area contributed by atoms with E-state index in [1.165, 1.54) is 5.57 Å². The minimum atomic E-state index is 0.296. The first-order chi connectivity index (χ1) is 6.71. The molecule has 80 valence electrons. The Morgan fingerprint density at radius 1 is 0.929 bits per heavy atom. The Morgan fingerprint density at radius 2 is 1.50 bits per heavy atom. The van der Waals surface area contributed by atoms with E-state index < -0.39 is 0 Å². The summed E-state index contributed by atoms with van der Waals surface area (Å²) < 4.78 is 0. The van der Waals surface area contributed by atoms with Crippen molar-refractivity contribution in [2.24, 2.45) is 11.8 Å². The molecule has 0 heterocycles. The summed E-state index contributed by atoms with van der Waals surface area (Å²) in [5.41, 5.74) is 2.60. The number of carbonyl (C=O) groups is 1. The zero-order valence-electron chi connectivity index (χ0n) is 9.89. The predicted molar refractivity (Wildman–Crippen MR) is 60.2 cm³/mol. The van der Waals surface area contributed by atoms with Gasteiger partial charge in [-0.3, -0.25) is 4.79 Å². The number of rotatable bonds is 4. The van der Waals surface area contributed by atoms with Gasteiger partial charge in [0.05, 0.1) is 0 Å². The van der Waals surface area contributed by atoms with Crippen molar-refractivity contribution >= 4 is 5.78 Å². The molecule has 0 saturated heterocycles. The lowest BCUT2D eigenvalue weighted by Crippen LogP contribution is -2.16. The Morgan fingerprint density at radius 3 is 1.86 bits per heavy atom. The van der Waals surface area contributed by atoms with E-state index in [9.17, 15) is 4.79 Å². The third-order valence-corrected chi connectivity index (χ3v) is 3.57. The van der Waals surface area contributed by atoms with Crippen LogP contribution in [-0.2, 0) is 4.79 Å². The average molecular weight is 194 g/mol. The van der Waals surface area contributed by atoms with Gasteiger partial charge < -0.3 is 0 Å². The van der Waals surface area contributed by atoms with Crippen molar-refractivity contribution in [3.8, 4) is 0 Å². The van der Waals surface area contributed by atoms with Crippen LogP contribution in [0.2, 0.25) is 0 Å². The highest BCUT2D eigenvalue weighted by Gasteiger charge is 2.37. The molecule has 0 unspecified atom stereocenters. The van der Waals surface area contributed by atoms with Crippen molar-refractivity contribution in [3.63, 3.8) is 0 Å². The summed E-state index contributed by atoms with van der Waals surface area (Å²) in [7, 11) is 0. The maximum Gasteiger partial charge on any atom is 0.162 e. The summed E-state index contributed by atoms with van der Waals surface area (Å²) in [6.45, 7) is 8.62. The molecule has 0 aliphatic heterocycles. The van der Waals surface area contributed by atoms with E-state index in [0.29, 0.717) is 17.6 Å². The number of hydrogen-bond donors (Lipinski definition) is 0. The van der Waals surface area contributed by atoms with E-state index >= 15 is 0 Å². The molecule has 0 bridgehead atoms. The van der Waals surface area contributed by atoms with Crippen molar-refractivity contribution in [1.82, 2.24) is 0 Å². The first-order valence-corrected chi connectivity index (χ1v) is 5.97. The first-order valence-electron chi connectivity index (χ1n) is 5.97. The minimum Gasteiger partial charge on any atom is -0.294 e. The fourth-order valence-corrected chi connectivity index (χ4v) is 2.91. The Kier molecular flexibility index (Phi) is 3.91. The molecule has 1 heteroatoms. The van der Waals surface area contributed by atoms with Gasteiger partial charge in [-0.15, -0.1) is 0 Å². The van der Waals surface area contributed by atoms with Crippen LogP contribution < -0.4 is 0 Å². The zero-order chi connectivity index (χ0) is 10.7. The van der Waals surface area contributed by atoms with E-state index in [-0.39, 0.29) is 0 Å². The van der Waals surface area contributed by atoms with Gasteiger partial charge in [-0.2, -0.15) is 0 Å². The van der Waals surface area contributed by atoms with Crippen LogP contribution in [0.5, 0.6) is 0 Å². The van der Waals surface area contributed by atoms with Crippen LogP contribution in [0.25, 0.3) is 0 Å². The van der Waals surface area contributed by atoms with Gasteiger partial charge in [-0.25, -0.2) is 0 Å². The van der Waals surface area contributed by atoms with Gasteiger partial charge in [-0.05, 0) is 37.2 Å². The molecular weight excluding hydrogens is 172 g/mol. The van der Waals surface area contributed by atoms with Crippen LogP contribution in [0.3, 0.4) is 0 Å². The minimum absolute atomic E-state index is 0.296. The highest BCUT2D eigenvalue weighted by Crippen LogP contribution is 2.40. The molecule has 0 N–H and O–H groups in total. The second-order valence-electron chi connectivity index (χ2n) is 4.10. The maximum atomic E-state index is 12.0. The van der Waals surface area contributed by atoms with Crippen molar-refractivity contribution in [3.05, 3.63) is 11.1 Å². The maximum absolute atomic E-state index is 12.0. The highest BCUT2D eigenvalue weighted by atomic mass is 16.1. The Balaban J connectivity index is 3.03. The molecule has 0 spiro atoms. The number of Topliss-reactive ketones (excluding diaryl/α,β-unsaturated/α-hetero) is 1. The number of ketones is 1. The average Bonchev–Trinajstić information content (AvgIpc) is 2.48. The van der Waals surface area contributed by atoms with Crippen LogP contribution >= 0.6 is 0 Å². The Hall–Kier alpha value is -0.590. The molecule has 0 aromatic rings. The van der Waals surface area contributed by atoms with Crippen molar-refractivity contribution in [1.29, 1.82) is 0 Å². The summed E-state index contributed by atoms with van der Waals surface area (Å²) >= 11 is 0. The predicted octanol–water partition coefficient (Wildman–Crippen LogP) is 3.74. The first kappa shape index (κ1) is 11.5. The number of hydrogen-bond acceptors (Lipinski definition) is 1. The van der Waals surface area contributed by atoms with E-state index in [1.54, 1.807) is 0 Å². The quantitative estimate of drug-likeness (QED) is 0.666. The van der Waals surface area contributed by atoms with Crippen LogP contribution in [0, 0.1) is 11.8 Å². The molecule has 0 radical (unpaired) electrons. The molecule has 1 rings (SSSR count). The molecule has 0 fully saturated rings. The van der Waals surface area contributed by atoms with E-state index in [1.807, 2.05) is 0 Å². The van der Waals surface area contributed by atoms with Gasteiger partial charge in [0.15, 0.2) is 5.78 Å². The lowest BCUT2D eigenvalue weighted by atomic mass is 9.86. The molecule has 0 saturated carbocycles. The number of allylic oxidation sites excluding steroid dienone is 2. The lowest BCUT2D eigenvalue weighted by molar-refractivity contribution is -0.119. The van der Waals surface area contributed by atoms with Gasteiger partial charge in [0, 0.05) is 5.92 Å². The Bertz CT molecular complexity index is 250. The van der Waals surface area contributed by atoms with Crippen LogP contribution in [0.4, 0.5) is 0 Å². The molecule has 0 aromatic carbocycles. The van der Waals surface area contributed by atoms with Gasteiger partial charge in [0.25, 0.3) is 0 Å². The molecule has 1 nitrogen and oxygen atoms in total. The van der Waals surface area contributed by atoms with Crippen LogP contribution in [0.1, 0.15) is 53.4 Å². The molecule has 0 aromatic heterocycles. The summed E-state index contributed by atoms with van der Waals surface area (Å²) in [4.78, 5) is 12.0. The molecule has 1 aliphatic carbocycles. The fraction of sp³-hybridized carbons (Fsp3) is 0.769. The van der Waals surface area contributed by atoms with Crippen molar-refractivity contribution in [2.75, 3.05) is 0 Å². The fourth-order valence-electron chi connectivity index (χ4n) is 2.91. The monoisotopic (exact) mass is 194 g/mol. The molecule has 1 aliphatic rings. The van der Waals surface area contributed by atoms with Gasteiger partial charge in [0.1, 0.15) is 0 Å². The van der Waals surface area contributed by atoms with Crippen LogP contribution in [0.15, 0.2) is 11.1 Å². The van der Waals surface area contributed by atoms with Crippen molar-refractivity contribution < 1.29 is 4.79 Å². The molecule has 14 heavy (non-hydrogen) atoms. The van der Waals surface area contributed by atoms with E-state index in [4.69, 9.17) is 0 Å². The standard InChI is InChI=1S/C13H22O/c1-5-9-10(6-2)12(8-4)13(14)11(9)7-3/h9,11H,5-8H2,1-4H3/t9-,11-/m0/s1. The van der Waals surface area contributed by atoms with E-state index in [2.05, 4.69) is 27.7 Å². The third kappa shape index (κ3) is 1.65. The largest absolute Gasteiger partial charge is 0.294 e. The smallest absolute Gasteiger partial charge is 0.162 e. The van der Waals surface area contributed by atoms with Gasteiger partial charge >= 0.3 is 0 Å². The molecule has 0 amide bonds. The second-order valence-corrected chi connectivity index (χ2v) is 4.10. The van der Waals surface area contributed by atoms with Crippen LogP contribution in [-0.4, -0.2) is 5.78 Å². The molecular formula is C13H22O. The summed E-state index contributed by atoms with van der Waals surface area (Å²) in [5, 5.41) is 0. The highest BCUT2D eigenvalue weighted by molar-refractivity contribution is 6.01. The SMILES string of the molecule is CCC1=C(CC)[C@H](CC)[C@H](CC)C1=O. The van der Waals surface area contributed by atoms with E-state index in [0.717, 1.165) is 31.3 Å². The lowest BCUT2D eigenvalue weighted by Gasteiger charge is -2.17. The molecule has 2 atom stereocenters. The van der Waals surface area contributed by atoms with Gasteiger partial charge in [-0.1, -0.05) is 33.3 Å². The summed E-state index contributed by atoms with van der Waals surface area (Å²) in [6.07, 6.45) is 4.11. The summed E-state index contributed by atoms with van der Waals surface area (Å²) in [5.74, 6) is 1.29. The van der Waals surface area contributed by atoms with Gasteiger partial charge in [0.2, 0.25) is 0 Å².